The number of nitrogens with one attached hydrogen (secondary N) is 2. The molecular weight excluding hydrogens is 418 g/mol. The van der Waals surface area contributed by atoms with E-state index in [0.29, 0.717) is 12.0 Å². The molecule has 0 saturated carbocycles. The Morgan fingerprint density at radius 2 is 1.84 bits per heavy atom. The Morgan fingerprint density at radius 1 is 1.19 bits per heavy atom. The fourth-order valence-corrected chi connectivity index (χ4v) is 5.69. The van der Waals surface area contributed by atoms with Crippen LogP contribution in [0.25, 0.3) is 0 Å². The van der Waals surface area contributed by atoms with Crippen molar-refractivity contribution in [3.8, 4) is 0 Å². The van der Waals surface area contributed by atoms with Crippen molar-refractivity contribution in [1.29, 1.82) is 0 Å². The average Bonchev–Trinajstić information content (AvgIpc) is 3.14. The van der Waals surface area contributed by atoms with E-state index in [1.165, 1.54) is 6.92 Å². The minimum atomic E-state index is -1.15. The van der Waals surface area contributed by atoms with Crippen LogP contribution in [0, 0.1) is 5.92 Å². The summed E-state index contributed by atoms with van der Waals surface area (Å²) in [4.78, 5) is 52.0. The predicted octanol–water partition coefficient (Wildman–Crippen LogP) is 2.16. The van der Waals surface area contributed by atoms with Crippen LogP contribution in [-0.4, -0.2) is 56.6 Å². The predicted molar refractivity (Wildman–Crippen MR) is 117 cm³/mol. The molecule has 9 heteroatoms. The molecule has 0 spiro atoms. The summed E-state index contributed by atoms with van der Waals surface area (Å²) in [5, 5.41) is 14.1. The number of fused-ring (bicyclic) bond motifs is 3. The zero-order valence-electron chi connectivity index (χ0n) is 18.3. The summed E-state index contributed by atoms with van der Waals surface area (Å²) in [7, 11) is 0. The number of carbonyl (C=O) groups excluding carboxylic acids is 3. The van der Waals surface area contributed by atoms with Crippen LogP contribution in [0.1, 0.15) is 62.3 Å². The SMILES string of the molecule is CC[C@H](C)[C@H](NC(=O)[C@@H]1N2C(=O)c3ccccc3[C@@H]2SC1(C)C)C(=O)N[C@@H](C)C(=O)O. The topological polar surface area (TPSA) is 116 Å². The molecule has 2 aliphatic heterocycles. The highest BCUT2D eigenvalue weighted by Crippen LogP contribution is 2.56. The monoisotopic (exact) mass is 447 g/mol. The maximum atomic E-state index is 13.4. The van der Waals surface area contributed by atoms with Crippen molar-refractivity contribution in [3.05, 3.63) is 35.4 Å². The second kappa shape index (κ2) is 8.53. The Labute approximate surface area is 186 Å². The number of rotatable bonds is 7. The van der Waals surface area contributed by atoms with Crippen LogP contribution in [0.4, 0.5) is 0 Å². The van der Waals surface area contributed by atoms with Gasteiger partial charge in [0.05, 0.1) is 0 Å². The molecule has 1 aromatic carbocycles. The van der Waals surface area contributed by atoms with Gasteiger partial charge in [0, 0.05) is 10.3 Å². The lowest BCUT2D eigenvalue weighted by molar-refractivity contribution is -0.142. The molecular formula is C22H29N3O5S. The van der Waals surface area contributed by atoms with Crippen molar-refractivity contribution >= 4 is 35.5 Å². The summed E-state index contributed by atoms with van der Waals surface area (Å²) >= 11 is 1.55. The molecule has 8 nitrogen and oxygen atoms in total. The van der Waals surface area contributed by atoms with Crippen LogP contribution in [0.15, 0.2) is 24.3 Å². The third-order valence-corrected chi connectivity index (χ3v) is 7.60. The van der Waals surface area contributed by atoms with Crippen molar-refractivity contribution in [3.63, 3.8) is 0 Å². The van der Waals surface area contributed by atoms with Crippen LogP contribution in [-0.2, 0) is 14.4 Å². The number of hydrogen-bond acceptors (Lipinski definition) is 5. The molecule has 31 heavy (non-hydrogen) atoms. The van der Waals surface area contributed by atoms with Crippen LogP contribution >= 0.6 is 11.8 Å². The van der Waals surface area contributed by atoms with E-state index in [9.17, 15) is 19.2 Å². The lowest BCUT2D eigenvalue weighted by Crippen LogP contribution is -2.59. The highest BCUT2D eigenvalue weighted by atomic mass is 32.2. The second-order valence-corrected chi connectivity index (χ2v) is 10.5. The van der Waals surface area contributed by atoms with E-state index in [2.05, 4.69) is 10.6 Å². The van der Waals surface area contributed by atoms with Crippen LogP contribution in [0.3, 0.4) is 0 Å². The highest BCUT2D eigenvalue weighted by Gasteiger charge is 2.57. The summed E-state index contributed by atoms with van der Waals surface area (Å²) in [6.07, 6.45) is 0.610. The zero-order valence-corrected chi connectivity index (χ0v) is 19.2. The zero-order chi connectivity index (χ0) is 23.1. The largest absolute Gasteiger partial charge is 0.480 e. The molecule has 3 rings (SSSR count). The van der Waals surface area contributed by atoms with E-state index in [1.54, 1.807) is 28.8 Å². The van der Waals surface area contributed by atoms with Crippen LogP contribution in [0.2, 0.25) is 0 Å². The Hall–Kier alpha value is -2.55. The number of nitrogens with zero attached hydrogens (tertiary/aromatic N) is 1. The fourth-order valence-electron chi connectivity index (χ4n) is 4.10. The molecule has 0 unspecified atom stereocenters. The maximum absolute atomic E-state index is 13.4. The molecule has 2 heterocycles. The van der Waals surface area contributed by atoms with Gasteiger partial charge in [0.2, 0.25) is 11.8 Å². The van der Waals surface area contributed by atoms with E-state index in [-0.39, 0.29) is 17.2 Å². The van der Waals surface area contributed by atoms with Gasteiger partial charge < -0.3 is 20.6 Å². The molecule has 3 N–H and O–H groups in total. The molecule has 1 aromatic rings. The van der Waals surface area contributed by atoms with E-state index in [1.807, 2.05) is 39.8 Å². The lowest BCUT2D eigenvalue weighted by Gasteiger charge is -2.32. The third kappa shape index (κ3) is 4.15. The normalized spacial score (nSPS) is 24.0. The fraction of sp³-hybridized carbons (Fsp3) is 0.545. The number of hydrogen-bond donors (Lipinski definition) is 3. The first-order valence-electron chi connectivity index (χ1n) is 10.4. The summed E-state index contributed by atoms with van der Waals surface area (Å²) in [6, 6.07) is 4.61. The lowest BCUT2D eigenvalue weighted by atomic mass is 9.95. The average molecular weight is 448 g/mol. The summed E-state index contributed by atoms with van der Waals surface area (Å²) in [6.45, 7) is 8.92. The number of carboxylic acid groups (broad SMARTS) is 1. The van der Waals surface area contributed by atoms with Crippen LogP contribution in [0.5, 0.6) is 0 Å². The Balaban J connectivity index is 1.85. The van der Waals surface area contributed by atoms with Gasteiger partial charge in [-0.25, -0.2) is 0 Å². The third-order valence-electron chi connectivity index (χ3n) is 6.07. The molecule has 0 bridgehead atoms. The van der Waals surface area contributed by atoms with E-state index < -0.39 is 40.7 Å². The summed E-state index contributed by atoms with van der Waals surface area (Å²) < 4.78 is -0.567. The maximum Gasteiger partial charge on any atom is 0.325 e. The van der Waals surface area contributed by atoms with Gasteiger partial charge >= 0.3 is 5.97 Å². The van der Waals surface area contributed by atoms with Crippen molar-refractivity contribution in [2.75, 3.05) is 0 Å². The highest BCUT2D eigenvalue weighted by molar-refractivity contribution is 8.01. The molecule has 2 aliphatic rings. The summed E-state index contributed by atoms with van der Waals surface area (Å²) in [5.74, 6) is -2.52. The number of carbonyl (C=O) groups is 4. The molecule has 3 amide bonds. The number of carboxylic acids is 1. The van der Waals surface area contributed by atoms with Crippen LogP contribution < -0.4 is 10.6 Å². The van der Waals surface area contributed by atoms with Crippen molar-refractivity contribution in [1.82, 2.24) is 15.5 Å². The van der Waals surface area contributed by atoms with Gasteiger partial charge in [-0.2, -0.15) is 0 Å². The molecule has 0 aromatic heterocycles. The Morgan fingerprint density at radius 3 is 2.45 bits per heavy atom. The minimum absolute atomic E-state index is 0.192. The van der Waals surface area contributed by atoms with Gasteiger partial charge in [0.1, 0.15) is 23.5 Å². The first kappa shape index (κ1) is 23.1. The number of benzene rings is 1. The molecule has 0 radical (unpaired) electrons. The number of thioether (sulfide) groups is 1. The standard InChI is InChI=1S/C22H29N3O5S/c1-6-11(2)15(17(26)23-12(3)21(29)30)24-18(27)16-22(4,5)31-20-14-10-8-7-9-13(14)19(28)25(16)20/h7-12,15-16,20H,6H2,1-5H3,(H,23,26)(H,24,27)(H,29,30)/t11-,12-,15-,16-,20-/m0/s1. The van der Waals surface area contributed by atoms with Gasteiger partial charge in [0.15, 0.2) is 0 Å². The molecule has 5 atom stereocenters. The number of amides is 3. The van der Waals surface area contributed by atoms with Gasteiger partial charge in [-0.1, -0.05) is 38.5 Å². The van der Waals surface area contributed by atoms with Crippen molar-refractivity contribution < 1.29 is 24.3 Å². The summed E-state index contributed by atoms with van der Waals surface area (Å²) in [5.41, 5.74) is 1.49. The van der Waals surface area contributed by atoms with E-state index >= 15 is 0 Å². The van der Waals surface area contributed by atoms with Crippen molar-refractivity contribution in [2.24, 2.45) is 5.92 Å². The van der Waals surface area contributed by atoms with Gasteiger partial charge in [-0.15, -0.1) is 11.8 Å². The molecule has 1 saturated heterocycles. The first-order valence-corrected chi connectivity index (χ1v) is 11.3. The quantitative estimate of drug-likeness (QED) is 0.590. The minimum Gasteiger partial charge on any atom is -0.480 e. The molecule has 1 fully saturated rings. The second-order valence-electron chi connectivity index (χ2n) is 8.72. The van der Waals surface area contributed by atoms with Gasteiger partial charge in [-0.05, 0) is 38.3 Å². The van der Waals surface area contributed by atoms with E-state index in [0.717, 1.165) is 5.56 Å². The van der Waals surface area contributed by atoms with Crippen molar-refractivity contribution in [2.45, 2.75) is 69.3 Å². The molecule has 168 valence electrons. The smallest absolute Gasteiger partial charge is 0.325 e. The molecule has 0 aliphatic carbocycles. The van der Waals surface area contributed by atoms with Gasteiger partial charge in [-0.3, -0.25) is 19.2 Å². The van der Waals surface area contributed by atoms with E-state index in [4.69, 9.17) is 5.11 Å². The Kier molecular flexibility index (Phi) is 6.36. The first-order chi connectivity index (χ1) is 14.5. The number of aliphatic carboxylic acids is 1. The Bertz CT molecular complexity index is 918. The van der Waals surface area contributed by atoms with Gasteiger partial charge in [0.25, 0.3) is 5.91 Å².